The van der Waals surface area contributed by atoms with Gasteiger partial charge in [0.2, 0.25) is 5.89 Å². The van der Waals surface area contributed by atoms with Crippen molar-refractivity contribution in [1.29, 1.82) is 0 Å². The van der Waals surface area contributed by atoms with Gasteiger partial charge in [0.05, 0.1) is 7.11 Å². The van der Waals surface area contributed by atoms with Crippen molar-refractivity contribution in [3.63, 3.8) is 0 Å². The van der Waals surface area contributed by atoms with Crippen LogP contribution in [0.15, 0.2) is 58.2 Å². The molecule has 0 bridgehead atoms. The monoisotopic (exact) mass is 364 g/mol. The average Bonchev–Trinajstić information content (AvgIpc) is 3.09. The molecule has 0 aliphatic carbocycles. The molecular formula is C17H14F2N2O3S. The highest BCUT2D eigenvalue weighted by molar-refractivity contribution is 7.98. The number of aromatic nitrogens is 2. The van der Waals surface area contributed by atoms with Crippen LogP contribution in [-0.4, -0.2) is 23.9 Å². The van der Waals surface area contributed by atoms with Crippen molar-refractivity contribution in [2.75, 3.05) is 7.11 Å². The van der Waals surface area contributed by atoms with Gasteiger partial charge in [0, 0.05) is 16.9 Å². The van der Waals surface area contributed by atoms with Crippen LogP contribution in [-0.2, 0) is 5.75 Å². The van der Waals surface area contributed by atoms with Gasteiger partial charge in [-0.15, -0.1) is 10.2 Å². The Hall–Kier alpha value is -2.61. The van der Waals surface area contributed by atoms with E-state index in [1.165, 1.54) is 17.8 Å². The second kappa shape index (κ2) is 7.98. The SMILES string of the molecule is COc1ccc(-c2nnc(SCc3ccccc3OC(F)F)o2)cc1. The largest absolute Gasteiger partial charge is 0.497 e. The van der Waals surface area contributed by atoms with Crippen LogP contribution in [0.25, 0.3) is 11.5 Å². The third-order valence-electron chi connectivity index (χ3n) is 3.28. The maximum Gasteiger partial charge on any atom is 0.387 e. The minimum atomic E-state index is -2.86. The van der Waals surface area contributed by atoms with Crippen LogP contribution >= 0.6 is 11.8 Å². The summed E-state index contributed by atoms with van der Waals surface area (Å²) in [5, 5.41) is 8.31. The highest BCUT2D eigenvalue weighted by Gasteiger charge is 2.13. The van der Waals surface area contributed by atoms with Crippen molar-refractivity contribution in [3.8, 4) is 23.0 Å². The number of benzene rings is 2. The molecule has 0 aliphatic heterocycles. The molecule has 8 heteroatoms. The first kappa shape index (κ1) is 17.2. The molecule has 0 atom stereocenters. The number of para-hydroxylation sites is 1. The van der Waals surface area contributed by atoms with Crippen molar-refractivity contribution >= 4 is 11.8 Å². The van der Waals surface area contributed by atoms with E-state index in [-0.39, 0.29) is 5.75 Å². The third-order valence-corrected chi connectivity index (χ3v) is 4.15. The summed E-state index contributed by atoms with van der Waals surface area (Å²) >= 11 is 1.25. The van der Waals surface area contributed by atoms with E-state index in [4.69, 9.17) is 9.15 Å². The molecule has 1 aromatic heterocycles. The van der Waals surface area contributed by atoms with Gasteiger partial charge in [0.1, 0.15) is 11.5 Å². The molecule has 0 N–H and O–H groups in total. The number of thioether (sulfide) groups is 1. The molecule has 0 saturated heterocycles. The number of alkyl halides is 2. The summed E-state index contributed by atoms with van der Waals surface area (Å²) in [4.78, 5) is 0. The number of hydrogen-bond acceptors (Lipinski definition) is 6. The molecule has 3 rings (SSSR count). The van der Waals surface area contributed by atoms with E-state index in [1.807, 2.05) is 12.1 Å². The summed E-state index contributed by atoms with van der Waals surface area (Å²) in [6.45, 7) is -2.86. The summed E-state index contributed by atoms with van der Waals surface area (Å²) in [7, 11) is 1.59. The number of ether oxygens (including phenoxy) is 2. The highest BCUT2D eigenvalue weighted by Crippen LogP contribution is 2.30. The highest BCUT2D eigenvalue weighted by atomic mass is 32.2. The zero-order valence-corrected chi connectivity index (χ0v) is 14.0. The fourth-order valence-corrected chi connectivity index (χ4v) is 2.85. The van der Waals surface area contributed by atoms with Gasteiger partial charge in [-0.05, 0) is 30.3 Å². The number of rotatable bonds is 7. The van der Waals surface area contributed by atoms with Gasteiger partial charge >= 0.3 is 6.61 Å². The van der Waals surface area contributed by atoms with E-state index in [2.05, 4.69) is 14.9 Å². The fourth-order valence-electron chi connectivity index (χ4n) is 2.09. The average molecular weight is 364 g/mol. The van der Waals surface area contributed by atoms with Crippen LogP contribution in [0.3, 0.4) is 0 Å². The van der Waals surface area contributed by atoms with E-state index in [1.54, 1.807) is 37.4 Å². The predicted molar refractivity (Wildman–Crippen MR) is 88.9 cm³/mol. The Morgan fingerprint density at radius 2 is 1.84 bits per heavy atom. The van der Waals surface area contributed by atoms with Gasteiger partial charge < -0.3 is 13.9 Å². The molecule has 130 valence electrons. The molecular weight excluding hydrogens is 350 g/mol. The second-order valence-electron chi connectivity index (χ2n) is 4.88. The van der Waals surface area contributed by atoms with Crippen LogP contribution in [0.2, 0.25) is 0 Å². The Kier molecular flexibility index (Phi) is 5.49. The number of halogens is 2. The first-order chi connectivity index (χ1) is 12.2. The molecule has 0 aliphatic rings. The van der Waals surface area contributed by atoms with Crippen molar-refractivity contribution in [2.45, 2.75) is 17.6 Å². The lowest BCUT2D eigenvalue weighted by molar-refractivity contribution is -0.0503. The van der Waals surface area contributed by atoms with Crippen LogP contribution in [0.1, 0.15) is 5.56 Å². The smallest absolute Gasteiger partial charge is 0.387 e. The molecule has 3 aromatic rings. The Morgan fingerprint density at radius 3 is 2.56 bits per heavy atom. The third kappa shape index (κ3) is 4.48. The summed E-state index contributed by atoms with van der Waals surface area (Å²) < 4.78 is 40.1. The van der Waals surface area contributed by atoms with Crippen LogP contribution < -0.4 is 9.47 Å². The molecule has 0 unspecified atom stereocenters. The summed E-state index contributed by atoms with van der Waals surface area (Å²) in [6.07, 6.45) is 0. The van der Waals surface area contributed by atoms with Gasteiger partial charge in [-0.2, -0.15) is 8.78 Å². The van der Waals surface area contributed by atoms with Crippen LogP contribution in [0.4, 0.5) is 8.78 Å². The maximum absolute atomic E-state index is 12.4. The Labute approximate surface area is 147 Å². The standard InChI is InChI=1S/C17H14F2N2O3S/c1-22-13-8-6-11(7-9-13)15-20-21-17(24-15)25-10-12-4-2-3-5-14(12)23-16(18)19/h2-9,16H,10H2,1H3. The van der Waals surface area contributed by atoms with Gasteiger partial charge in [-0.3, -0.25) is 0 Å². The number of hydrogen-bond donors (Lipinski definition) is 0. The number of nitrogens with zero attached hydrogens (tertiary/aromatic N) is 2. The van der Waals surface area contributed by atoms with E-state index in [9.17, 15) is 8.78 Å². The van der Waals surface area contributed by atoms with Crippen molar-refractivity contribution in [3.05, 3.63) is 54.1 Å². The van der Waals surface area contributed by atoms with Gasteiger partial charge in [0.15, 0.2) is 0 Å². The summed E-state index contributed by atoms with van der Waals surface area (Å²) in [5.41, 5.74) is 1.39. The zero-order valence-electron chi connectivity index (χ0n) is 13.2. The normalized spacial score (nSPS) is 10.9. The minimum absolute atomic E-state index is 0.139. The molecule has 0 radical (unpaired) electrons. The minimum Gasteiger partial charge on any atom is -0.497 e. The topological polar surface area (TPSA) is 57.4 Å². The fraction of sp³-hybridized carbons (Fsp3) is 0.176. The quantitative estimate of drug-likeness (QED) is 0.569. The second-order valence-corrected chi connectivity index (χ2v) is 5.80. The lowest BCUT2D eigenvalue weighted by atomic mass is 10.2. The molecule has 1 heterocycles. The summed E-state index contributed by atoms with van der Waals surface area (Å²) in [6, 6.07) is 13.8. The predicted octanol–water partition coefficient (Wildman–Crippen LogP) is 4.64. The van der Waals surface area contributed by atoms with Gasteiger partial charge in [0.25, 0.3) is 5.22 Å². The Bertz CT molecular complexity index is 825. The number of methoxy groups -OCH3 is 1. The maximum atomic E-state index is 12.4. The summed E-state index contributed by atoms with van der Waals surface area (Å²) in [5.74, 6) is 1.61. The van der Waals surface area contributed by atoms with Gasteiger partial charge in [-0.25, -0.2) is 0 Å². The van der Waals surface area contributed by atoms with Crippen LogP contribution in [0.5, 0.6) is 11.5 Å². The Balaban J connectivity index is 1.68. The molecule has 0 spiro atoms. The van der Waals surface area contributed by atoms with E-state index < -0.39 is 6.61 Å². The zero-order chi connectivity index (χ0) is 17.6. The molecule has 25 heavy (non-hydrogen) atoms. The van der Waals surface area contributed by atoms with Crippen molar-refractivity contribution in [1.82, 2.24) is 10.2 Å². The molecule has 2 aromatic carbocycles. The van der Waals surface area contributed by atoms with Crippen molar-refractivity contribution < 1.29 is 22.7 Å². The molecule has 0 fully saturated rings. The molecule has 5 nitrogen and oxygen atoms in total. The molecule has 0 amide bonds. The van der Waals surface area contributed by atoms with E-state index in [0.717, 1.165) is 11.3 Å². The van der Waals surface area contributed by atoms with Crippen LogP contribution in [0, 0.1) is 0 Å². The first-order valence-electron chi connectivity index (χ1n) is 7.29. The van der Waals surface area contributed by atoms with Crippen molar-refractivity contribution in [2.24, 2.45) is 0 Å². The van der Waals surface area contributed by atoms with E-state index >= 15 is 0 Å². The lowest BCUT2D eigenvalue weighted by Crippen LogP contribution is -2.03. The Morgan fingerprint density at radius 1 is 1.08 bits per heavy atom. The van der Waals surface area contributed by atoms with Gasteiger partial charge in [-0.1, -0.05) is 30.0 Å². The first-order valence-corrected chi connectivity index (χ1v) is 8.27. The molecule has 0 saturated carbocycles. The van der Waals surface area contributed by atoms with E-state index in [0.29, 0.717) is 22.4 Å². The lowest BCUT2D eigenvalue weighted by Gasteiger charge is -2.09.